The predicted molar refractivity (Wildman–Crippen MR) is 182 cm³/mol. The number of carbonyl (C=O) groups excluding carboxylic acids is 3. The van der Waals surface area contributed by atoms with E-state index >= 15 is 0 Å². The van der Waals surface area contributed by atoms with Gasteiger partial charge in [-0.1, -0.05) is 34.6 Å². The number of alkyl carbamates (subject to hydrolysis) is 1. The highest BCUT2D eigenvalue weighted by atomic mass is 16.6. The molecule has 0 radical (unpaired) electrons. The Morgan fingerprint density at radius 3 is 2.35 bits per heavy atom. The first-order chi connectivity index (χ1) is 22.6. The number of methoxy groups -OCH3 is 1. The normalized spacial score (nSPS) is 23.3. The van der Waals surface area contributed by atoms with E-state index in [0.29, 0.717) is 40.5 Å². The van der Waals surface area contributed by atoms with Crippen LogP contribution in [0.25, 0.3) is 16.7 Å². The Morgan fingerprint density at radius 1 is 1.02 bits per heavy atom. The fraction of sp³-hybridized carbons (Fsp3) is 0.571. The summed E-state index contributed by atoms with van der Waals surface area (Å²) in [6, 6.07) is 7.44. The molecule has 13 nitrogen and oxygen atoms in total. The van der Waals surface area contributed by atoms with Gasteiger partial charge in [0.15, 0.2) is 5.82 Å². The second-order valence-corrected chi connectivity index (χ2v) is 14.6. The van der Waals surface area contributed by atoms with Gasteiger partial charge in [-0.3, -0.25) is 9.59 Å². The molecule has 1 aliphatic carbocycles. The van der Waals surface area contributed by atoms with Gasteiger partial charge in [-0.2, -0.15) is 0 Å². The Balaban J connectivity index is 1.39. The van der Waals surface area contributed by atoms with Crippen molar-refractivity contribution in [3.8, 4) is 17.3 Å². The molecule has 260 valence electrons. The zero-order valence-electron chi connectivity index (χ0n) is 29.1. The highest BCUT2D eigenvalue weighted by Crippen LogP contribution is 2.35. The molecule has 1 aromatic carbocycles. The number of nitrogens with two attached hydrogens (primary N) is 1. The first-order valence-corrected chi connectivity index (χ1v) is 16.7. The van der Waals surface area contributed by atoms with Crippen molar-refractivity contribution in [3.05, 3.63) is 36.5 Å². The summed E-state index contributed by atoms with van der Waals surface area (Å²) in [6.45, 7) is 14.0. The molecule has 3 unspecified atom stereocenters. The van der Waals surface area contributed by atoms with E-state index in [1.807, 2.05) is 58.9 Å². The van der Waals surface area contributed by atoms with Gasteiger partial charge in [-0.25, -0.2) is 14.5 Å². The summed E-state index contributed by atoms with van der Waals surface area (Å²) in [6.07, 6.45) is 2.14. The molecule has 2 fully saturated rings. The van der Waals surface area contributed by atoms with Crippen LogP contribution in [0.15, 0.2) is 36.5 Å². The highest BCUT2D eigenvalue weighted by molar-refractivity contribution is 5.92. The van der Waals surface area contributed by atoms with Gasteiger partial charge in [-0.05, 0) is 56.1 Å². The number of carbonyl (C=O) groups is 3. The molecule has 3 aromatic rings. The second kappa shape index (κ2) is 13.9. The Labute approximate surface area is 281 Å². The van der Waals surface area contributed by atoms with Crippen molar-refractivity contribution in [1.82, 2.24) is 25.0 Å². The quantitative estimate of drug-likeness (QED) is 0.280. The monoisotopic (exact) mass is 663 g/mol. The standard InChI is InChI=1S/C35H49N7O6/c1-19(2)37-29-11-12-42(40-29)30-17-28(25-10-9-22(46-8)15-26(25)38-30)47-24-16-27(32(36)43)41(18-24)33(44)31(35(5,6)7)39-34(45)48-23-13-20(3)21(4)14-23/h9-12,15,17,19-21,23-24,27,31H,13-14,16,18H2,1-8H3,(H2,36,43)(H,37,40)(H,39,45)/t20-,21?,23?,24?,27+,31-/m1/s1. The Hall–Kier alpha value is -4.55. The fourth-order valence-corrected chi connectivity index (χ4v) is 6.51. The van der Waals surface area contributed by atoms with E-state index in [9.17, 15) is 14.4 Å². The number of benzene rings is 1. The van der Waals surface area contributed by atoms with E-state index < -0.39 is 41.5 Å². The maximum atomic E-state index is 14.1. The number of nitrogens with zero attached hydrogens (tertiary/aromatic N) is 4. The molecular weight excluding hydrogens is 614 g/mol. The number of pyridine rings is 1. The van der Waals surface area contributed by atoms with Gasteiger partial charge in [-0.15, -0.1) is 5.10 Å². The number of primary amides is 1. The van der Waals surface area contributed by atoms with Gasteiger partial charge in [0.05, 0.1) is 19.2 Å². The lowest BCUT2D eigenvalue weighted by atomic mass is 9.85. The third-order valence-electron chi connectivity index (χ3n) is 9.28. The summed E-state index contributed by atoms with van der Waals surface area (Å²) in [4.78, 5) is 46.1. The van der Waals surface area contributed by atoms with Crippen LogP contribution >= 0.6 is 0 Å². The van der Waals surface area contributed by atoms with Crippen LogP contribution in [0.3, 0.4) is 0 Å². The summed E-state index contributed by atoms with van der Waals surface area (Å²) in [7, 11) is 1.59. The number of hydrogen-bond acceptors (Lipinski definition) is 9. The van der Waals surface area contributed by atoms with Gasteiger partial charge in [0.2, 0.25) is 11.8 Å². The highest BCUT2D eigenvalue weighted by Gasteiger charge is 2.45. The number of nitrogens with one attached hydrogen (secondary N) is 2. The minimum Gasteiger partial charge on any atom is -0.497 e. The Bertz CT molecular complexity index is 1640. The Morgan fingerprint density at radius 2 is 1.73 bits per heavy atom. The molecule has 2 aromatic heterocycles. The predicted octanol–water partition coefficient (Wildman–Crippen LogP) is 4.66. The van der Waals surface area contributed by atoms with Crippen LogP contribution < -0.4 is 25.8 Å². The fourth-order valence-electron chi connectivity index (χ4n) is 6.51. The number of anilines is 1. The molecule has 1 saturated heterocycles. The van der Waals surface area contributed by atoms with Crippen molar-refractivity contribution in [2.45, 2.75) is 98.1 Å². The van der Waals surface area contributed by atoms with Gasteiger partial charge in [0.1, 0.15) is 41.6 Å². The van der Waals surface area contributed by atoms with E-state index in [2.05, 4.69) is 29.6 Å². The number of likely N-dealkylation sites (tertiary alicyclic amines) is 1. The van der Waals surface area contributed by atoms with Crippen molar-refractivity contribution in [2.24, 2.45) is 23.0 Å². The molecular formula is C35H49N7O6. The molecule has 6 atom stereocenters. The summed E-state index contributed by atoms with van der Waals surface area (Å²) < 4.78 is 19.4. The summed E-state index contributed by atoms with van der Waals surface area (Å²) in [5, 5.41) is 11.4. The molecule has 48 heavy (non-hydrogen) atoms. The zero-order chi connectivity index (χ0) is 34.9. The lowest BCUT2D eigenvalue weighted by Crippen LogP contribution is -2.57. The maximum Gasteiger partial charge on any atom is 0.408 e. The molecule has 5 rings (SSSR count). The van der Waals surface area contributed by atoms with Gasteiger partial charge < -0.3 is 35.5 Å². The van der Waals surface area contributed by atoms with E-state index in [0.717, 1.165) is 18.2 Å². The number of aromatic nitrogens is 3. The third kappa shape index (κ3) is 7.77. The second-order valence-electron chi connectivity index (χ2n) is 14.6. The number of rotatable bonds is 10. The van der Waals surface area contributed by atoms with Crippen LogP contribution in [-0.2, 0) is 14.3 Å². The first kappa shape index (κ1) is 34.8. The van der Waals surface area contributed by atoms with Crippen LogP contribution in [0.5, 0.6) is 11.5 Å². The number of hydrogen-bond donors (Lipinski definition) is 3. The van der Waals surface area contributed by atoms with E-state index in [4.69, 9.17) is 24.9 Å². The van der Waals surface area contributed by atoms with Gasteiger partial charge in [0, 0.05) is 42.2 Å². The van der Waals surface area contributed by atoms with Crippen LogP contribution in [0.4, 0.5) is 10.6 Å². The van der Waals surface area contributed by atoms with Crippen molar-refractivity contribution >= 4 is 34.6 Å². The maximum absolute atomic E-state index is 14.1. The average Bonchev–Trinajstić information content (AvgIpc) is 3.73. The van der Waals surface area contributed by atoms with Crippen molar-refractivity contribution in [3.63, 3.8) is 0 Å². The first-order valence-electron chi connectivity index (χ1n) is 16.7. The lowest BCUT2D eigenvalue weighted by Gasteiger charge is -2.35. The molecule has 13 heteroatoms. The number of ether oxygens (including phenoxy) is 3. The molecule has 0 spiro atoms. The summed E-state index contributed by atoms with van der Waals surface area (Å²) in [5.74, 6) is 2.19. The molecule has 0 bridgehead atoms. The van der Waals surface area contributed by atoms with Crippen LogP contribution in [0.1, 0.15) is 67.7 Å². The zero-order valence-corrected chi connectivity index (χ0v) is 29.1. The molecule has 1 aliphatic heterocycles. The third-order valence-corrected chi connectivity index (χ3v) is 9.28. The topological polar surface area (TPSA) is 163 Å². The van der Waals surface area contributed by atoms with Crippen LogP contribution in [-0.4, -0.2) is 81.6 Å². The smallest absolute Gasteiger partial charge is 0.408 e. The lowest BCUT2D eigenvalue weighted by molar-refractivity contribution is -0.141. The molecule has 3 amide bonds. The minimum absolute atomic E-state index is 0.0902. The largest absolute Gasteiger partial charge is 0.497 e. The molecule has 4 N–H and O–H groups in total. The average molecular weight is 664 g/mol. The van der Waals surface area contributed by atoms with Crippen molar-refractivity contribution < 1.29 is 28.6 Å². The minimum atomic E-state index is -0.962. The van der Waals surface area contributed by atoms with E-state index in [1.54, 1.807) is 24.1 Å². The van der Waals surface area contributed by atoms with E-state index in [-0.39, 0.29) is 25.1 Å². The molecule has 1 saturated carbocycles. The van der Waals surface area contributed by atoms with Gasteiger partial charge in [0.25, 0.3) is 0 Å². The number of amides is 3. The SMILES string of the molecule is COc1ccc2c(OC3C[C@@H](C(N)=O)N(C(=O)[C@@H](NC(=O)OC4CC(C)[C@H](C)C4)C(C)(C)C)C3)cc(-n3ccc(NC(C)C)n3)nc2c1. The van der Waals surface area contributed by atoms with Crippen LogP contribution in [0, 0.1) is 17.3 Å². The summed E-state index contributed by atoms with van der Waals surface area (Å²) in [5.41, 5.74) is 5.78. The Kier molecular flexibility index (Phi) is 10.1. The van der Waals surface area contributed by atoms with Crippen molar-refractivity contribution in [2.75, 3.05) is 19.0 Å². The molecule has 3 heterocycles. The van der Waals surface area contributed by atoms with Gasteiger partial charge >= 0.3 is 6.09 Å². The van der Waals surface area contributed by atoms with E-state index in [1.165, 1.54) is 4.90 Å². The van der Waals surface area contributed by atoms with Crippen LogP contribution in [0.2, 0.25) is 0 Å². The number of fused-ring (bicyclic) bond motifs is 1. The summed E-state index contributed by atoms with van der Waals surface area (Å²) >= 11 is 0. The molecule has 2 aliphatic rings. The van der Waals surface area contributed by atoms with Crippen molar-refractivity contribution in [1.29, 1.82) is 0 Å².